The summed E-state index contributed by atoms with van der Waals surface area (Å²) >= 11 is 1.36. The highest BCUT2D eigenvalue weighted by Crippen LogP contribution is 2.34. The van der Waals surface area contributed by atoms with Gasteiger partial charge in [0, 0.05) is 37.4 Å². The summed E-state index contributed by atoms with van der Waals surface area (Å²) in [6.07, 6.45) is 0.178. The van der Waals surface area contributed by atoms with Crippen LogP contribution in [0.25, 0.3) is 0 Å². The highest BCUT2D eigenvalue weighted by molar-refractivity contribution is 7.99. The Bertz CT molecular complexity index is 1050. The number of hydrogen-bond donors (Lipinski definition) is 2. The molecular formula is C23H23F3N4O3S. The van der Waals surface area contributed by atoms with Crippen LogP contribution in [0.4, 0.5) is 18.9 Å². The summed E-state index contributed by atoms with van der Waals surface area (Å²) in [6, 6.07) is 11.9. The maximum Gasteiger partial charge on any atom is 0.573 e. The number of nitrogens with one attached hydrogen (secondary N) is 2. The molecule has 1 amide bonds. The summed E-state index contributed by atoms with van der Waals surface area (Å²) in [5.74, 6) is -0.815. The molecular weight excluding hydrogens is 469 g/mol. The molecule has 7 nitrogen and oxygen atoms in total. The molecule has 2 heterocycles. The highest BCUT2D eigenvalue weighted by atomic mass is 32.2. The Kier molecular flexibility index (Phi) is 9.25. The molecule has 1 unspecified atom stereocenters. The van der Waals surface area contributed by atoms with Gasteiger partial charge in [-0.2, -0.15) is 0 Å². The lowest BCUT2D eigenvalue weighted by Crippen LogP contribution is -2.24. The standard InChI is InChI=1S/C23H23F3N4O3S/c1-2-32-15-14-29-21(16-9-12-27-13-10-16)34-22-19(4-3-11-28-22)20(31)30-17-5-7-18(8-6-17)33-23(24,25)26/h3-13,21,29H,2,14-15H2,1H3,(H,30,31). The molecule has 1 atom stereocenters. The van der Waals surface area contributed by atoms with Crippen molar-refractivity contribution in [3.63, 3.8) is 0 Å². The summed E-state index contributed by atoms with van der Waals surface area (Å²) < 4.78 is 46.3. The largest absolute Gasteiger partial charge is 0.573 e. The number of nitrogens with zero attached hydrogens (tertiary/aromatic N) is 2. The third kappa shape index (κ3) is 8.01. The van der Waals surface area contributed by atoms with E-state index in [0.29, 0.717) is 36.0 Å². The number of thioether (sulfide) groups is 1. The molecule has 0 aliphatic heterocycles. The van der Waals surface area contributed by atoms with Crippen LogP contribution < -0.4 is 15.4 Å². The number of alkyl halides is 3. The van der Waals surface area contributed by atoms with E-state index in [0.717, 1.165) is 17.7 Å². The lowest BCUT2D eigenvalue weighted by molar-refractivity contribution is -0.274. The van der Waals surface area contributed by atoms with E-state index in [4.69, 9.17) is 4.74 Å². The second kappa shape index (κ2) is 12.4. The lowest BCUT2D eigenvalue weighted by Gasteiger charge is -2.19. The maximum atomic E-state index is 12.9. The summed E-state index contributed by atoms with van der Waals surface area (Å²) in [6.45, 7) is 3.66. The van der Waals surface area contributed by atoms with Crippen LogP contribution in [0.2, 0.25) is 0 Å². The number of rotatable bonds is 11. The van der Waals surface area contributed by atoms with Crippen LogP contribution in [0, 0.1) is 0 Å². The van der Waals surface area contributed by atoms with Crippen molar-refractivity contribution in [3.05, 3.63) is 78.2 Å². The number of aromatic nitrogens is 2. The van der Waals surface area contributed by atoms with Crippen LogP contribution >= 0.6 is 11.8 Å². The van der Waals surface area contributed by atoms with E-state index >= 15 is 0 Å². The van der Waals surface area contributed by atoms with Crippen LogP contribution in [0.1, 0.15) is 28.2 Å². The Morgan fingerprint density at radius 1 is 1.09 bits per heavy atom. The summed E-state index contributed by atoms with van der Waals surface area (Å²) in [5, 5.41) is 6.34. The Labute approximate surface area is 199 Å². The van der Waals surface area contributed by atoms with E-state index in [9.17, 15) is 18.0 Å². The molecule has 3 aromatic rings. The molecule has 2 N–H and O–H groups in total. The zero-order valence-corrected chi connectivity index (χ0v) is 19.0. The number of halogens is 3. The average molecular weight is 493 g/mol. The van der Waals surface area contributed by atoms with Crippen molar-refractivity contribution in [2.75, 3.05) is 25.1 Å². The fourth-order valence-electron chi connectivity index (χ4n) is 2.88. The molecule has 0 aliphatic carbocycles. The van der Waals surface area contributed by atoms with Crippen molar-refractivity contribution in [2.45, 2.75) is 23.7 Å². The van der Waals surface area contributed by atoms with Gasteiger partial charge in [-0.3, -0.25) is 15.1 Å². The van der Waals surface area contributed by atoms with Crippen molar-refractivity contribution >= 4 is 23.4 Å². The Morgan fingerprint density at radius 2 is 1.82 bits per heavy atom. The van der Waals surface area contributed by atoms with Gasteiger partial charge in [-0.05, 0) is 61.0 Å². The van der Waals surface area contributed by atoms with Crippen LogP contribution in [-0.4, -0.2) is 42.0 Å². The molecule has 0 fully saturated rings. The third-order valence-electron chi connectivity index (χ3n) is 4.38. The molecule has 11 heteroatoms. The molecule has 180 valence electrons. The van der Waals surface area contributed by atoms with Gasteiger partial charge in [0.1, 0.15) is 10.8 Å². The molecule has 0 spiro atoms. The number of anilines is 1. The summed E-state index contributed by atoms with van der Waals surface area (Å²) in [4.78, 5) is 21.4. The predicted octanol–water partition coefficient (Wildman–Crippen LogP) is 5.04. The highest BCUT2D eigenvalue weighted by Gasteiger charge is 2.31. The second-order valence-corrected chi connectivity index (χ2v) is 7.91. The average Bonchev–Trinajstić information content (AvgIpc) is 2.82. The number of benzene rings is 1. The van der Waals surface area contributed by atoms with Gasteiger partial charge in [-0.15, -0.1) is 13.2 Å². The van der Waals surface area contributed by atoms with E-state index in [1.807, 2.05) is 19.1 Å². The molecule has 0 bridgehead atoms. The zero-order valence-electron chi connectivity index (χ0n) is 18.2. The van der Waals surface area contributed by atoms with Gasteiger partial charge in [0.15, 0.2) is 0 Å². The number of carbonyl (C=O) groups excluding carboxylic acids is 1. The lowest BCUT2D eigenvalue weighted by atomic mass is 10.2. The predicted molar refractivity (Wildman–Crippen MR) is 123 cm³/mol. The van der Waals surface area contributed by atoms with Crippen LogP contribution in [0.5, 0.6) is 5.75 Å². The smallest absolute Gasteiger partial charge is 0.406 e. The van der Waals surface area contributed by atoms with Crippen LogP contribution in [0.15, 0.2) is 72.1 Å². The molecule has 0 saturated carbocycles. The van der Waals surface area contributed by atoms with Gasteiger partial charge >= 0.3 is 6.36 Å². The number of pyridine rings is 2. The topological polar surface area (TPSA) is 85.4 Å². The minimum Gasteiger partial charge on any atom is -0.406 e. The number of ether oxygens (including phenoxy) is 2. The number of hydrogen-bond acceptors (Lipinski definition) is 7. The molecule has 3 rings (SSSR count). The first-order chi connectivity index (χ1) is 16.4. The molecule has 0 radical (unpaired) electrons. The summed E-state index contributed by atoms with van der Waals surface area (Å²) in [7, 11) is 0. The number of carbonyl (C=O) groups is 1. The van der Waals surface area contributed by atoms with Gasteiger partial charge in [0.05, 0.1) is 17.5 Å². The summed E-state index contributed by atoms with van der Waals surface area (Å²) in [5.41, 5.74) is 1.60. The fraction of sp³-hybridized carbons (Fsp3) is 0.261. The van der Waals surface area contributed by atoms with E-state index < -0.39 is 12.3 Å². The molecule has 0 saturated heterocycles. The zero-order chi connectivity index (χ0) is 24.4. The number of amides is 1. The van der Waals surface area contributed by atoms with Crippen molar-refractivity contribution in [1.29, 1.82) is 0 Å². The Morgan fingerprint density at radius 3 is 2.50 bits per heavy atom. The van der Waals surface area contributed by atoms with E-state index in [1.54, 1.807) is 30.7 Å². The van der Waals surface area contributed by atoms with Gasteiger partial charge in [0.25, 0.3) is 5.91 Å². The Hall–Kier alpha value is -3.15. The van der Waals surface area contributed by atoms with Gasteiger partial charge in [0.2, 0.25) is 0 Å². The minimum atomic E-state index is -4.78. The normalized spacial score (nSPS) is 12.2. The van der Waals surface area contributed by atoms with Crippen molar-refractivity contribution in [1.82, 2.24) is 15.3 Å². The van der Waals surface area contributed by atoms with E-state index in [2.05, 4.69) is 25.3 Å². The van der Waals surface area contributed by atoms with Crippen molar-refractivity contribution in [3.8, 4) is 5.75 Å². The van der Waals surface area contributed by atoms with E-state index in [-0.39, 0.29) is 11.1 Å². The van der Waals surface area contributed by atoms with E-state index in [1.165, 1.54) is 23.9 Å². The molecule has 1 aromatic carbocycles. The van der Waals surface area contributed by atoms with Crippen molar-refractivity contribution < 1.29 is 27.4 Å². The second-order valence-electron chi connectivity index (χ2n) is 6.81. The monoisotopic (exact) mass is 492 g/mol. The molecule has 0 aliphatic rings. The SMILES string of the molecule is CCOCCNC(Sc1ncccc1C(=O)Nc1ccc(OC(F)(F)F)cc1)c1ccncc1. The fourth-order valence-corrected chi connectivity index (χ4v) is 4.01. The van der Waals surface area contributed by atoms with Crippen molar-refractivity contribution in [2.24, 2.45) is 0 Å². The Balaban J connectivity index is 1.73. The van der Waals surface area contributed by atoms with Crippen LogP contribution in [-0.2, 0) is 4.74 Å². The first kappa shape index (κ1) is 25.5. The minimum absolute atomic E-state index is 0.219. The molecule has 2 aromatic heterocycles. The van der Waals surface area contributed by atoms with Gasteiger partial charge in [-0.1, -0.05) is 11.8 Å². The van der Waals surface area contributed by atoms with Gasteiger partial charge in [-0.25, -0.2) is 4.98 Å². The first-order valence-corrected chi connectivity index (χ1v) is 11.2. The quantitative estimate of drug-likeness (QED) is 0.220. The maximum absolute atomic E-state index is 12.9. The van der Waals surface area contributed by atoms with Crippen LogP contribution in [0.3, 0.4) is 0 Å². The molecule has 34 heavy (non-hydrogen) atoms. The third-order valence-corrected chi connectivity index (χ3v) is 5.60. The van der Waals surface area contributed by atoms with Gasteiger partial charge < -0.3 is 14.8 Å². The first-order valence-electron chi connectivity index (χ1n) is 10.4.